The van der Waals surface area contributed by atoms with Crippen molar-refractivity contribution in [1.29, 1.82) is 0 Å². The fraction of sp³-hybridized carbons (Fsp3) is 0.0556. The van der Waals surface area contributed by atoms with E-state index < -0.39 is 17.6 Å². The number of hydrogen-bond donors (Lipinski definition) is 2. The van der Waals surface area contributed by atoms with Crippen LogP contribution in [-0.2, 0) is 11.2 Å². The molecule has 25 heavy (non-hydrogen) atoms. The summed E-state index contributed by atoms with van der Waals surface area (Å²) in [5, 5.41) is 6.38. The second kappa shape index (κ2) is 6.96. The molecule has 6 nitrogen and oxygen atoms in total. The van der Waals surface area contributed by atoms with E-state index in [0.717, 1.165) is 0 Å². The minimum Gasteiger partial charge on any atom is -0.366 e. The van der Waals surface area contributed by atoms with Gasteiger partial charge in [-0.05, 0) is 24.3 Å². The molecule has 0 spiro atoms. The van der Waals surface area contributed by atoms with Crippen molar-refractivity contribution in [2.45, 2.75) is 6.42 Å². The van der Waals surface area contributed by atoms with Gasteiger partial charge in [-0.1, -0.05) is 29.4 Å². The van der Waals surface area contributed by atoms with Crippen molar-refractivity contribution in [1.82, 2.24) is 5.16 Å². The van der Waals surface area contributed by atoms with Crippen molar-refractivity contribution in [3.8, 4) is 11.3 Å². The van der Waals surface area contributed by atoms with Crippen LogP contribution in [0.4, 0.5) is 10.1 Å². The molecule has 0 aliphatic rings. The molecule has 0 bridgehead atoms. The lowest BCUT2D eigenvalue weighted by Crippen LogP contribution is -2.19. The first kappa shape index (κ1) is 16.4. The van der Waals surface area contributed by atoms with Crippen LogP contribution in [0, 0.1) is 5.82 Å². The normalized spacial score (nSPS) is 10.4. The Morgan fingerprint density at radius 3 is 2.60 bits per heavy atom. The number of aromatic nitrogens is 1. The summed E-state index contributed by atoms with van der Waals surface area (Å²) >= 11 is 0. The lowest BCUT2D eigenvalue weighted by molar-refractivity contribution is -0.115. The van der Waals surface area contributed by atoms with E-state index in [2.05, 4.69) is 10.5 Å². The van der Waals surface area contributed by atoms with Crippen LogP contribution in [-0.4, -0.2) is 17.0 Å². The third-order valence-electron chi connectivity index (χ3n) is 3.51. The van der Waals surface area contributed by atoms with Crippen molar-refractivity contribution < 1.29 is 18.5 Å². The van der Waals surface area contributed by atoms with E-state index in [9.17, 15) is 14.0 Å². The van der Waals surface area contributed by atoms with E-state index in [1.165, 1.54) is 18.2 Å². The van der Waals surface area contributed by atoms with Gasteiger partial charge in [0.2, 0.25) is 5.91 Å². The zero-order valence-electron chi connectivity index (χ0n) is 13.0. The number of carbonyl (C=O) groups excluding carboxylic acids is 2. The Labute approximate surface area is 142 Å². The second-order valence-electron chi connectivity index (χ2n) is 5.30. The molecule has 3 rings (SSSR count). The van der Waals surface area contributed by atoms with Crippen molar-refractivity contribution in [2.24, 2.45) is 5.73 Å². The van der Waals surface area contributed by atoms with E-state index in [4.69, 9.17) is 10.3 Å². The summed E-state index contributed by atoms with van der Waals surface area (Å²) in [5.74, 6) is -1.25. The molecule has 2 aromatic carbocycles. The quantitative estimate of drug-likeness (QED) is 0.747. The van der Waals surface area contributed by atoms with E-state index in [1.807, 2.05) is 0 Å². The molecule has 2 amide bonds. The number of nitrogens with two attached hydrogens (primary N) is 1. The summed E-state index contributed by atoms with van der Waals surface area (Å²) in [6.45, 7) is 0. The molecule has 7 heteroatoms. The van der Waals surface area contributed by atoms with Gasteiger partial charge in [-0.2, -0.15) is 0 Å². The van der Waals surface area contributed by atoms with Gasteiger partial charge >= 0.3 is 0 Å². The van der Waals surface area contributed by atoms with Crippen LogP contribution in [0.1, 0.15) is 16.1 Å². The number of nitrogens with zero attached hydrogens (tertiary/aromatic N) is 1. The average Bonchev–Trinajstić information content (AvgIpc) is 3.03. The third kappa shape index (κ3) is 3.72. The Morgan fingerprint density at radius 1 is 1.12 bits per heavy atom. The Kier molecular flexibility index (Phi) is 4.56. The van der Waals surface area contributed by atoms with Crippen molar-refractivity contribution in [3.05, 3.63) is 71.7 Å². The average molecular weight is 339 g/mol. The molecule has 0 radical (unpaired) electrons. The fourth-order valence-corrected chi connectivity index (χ4v) is 2.35. The van der Waals surface area contributed by atoms with Gasteiger partial charge in [0.15, 0.2) is 5.76 Å². The number of hydrogen-bond acceptors (Lipinski definition) is 4. The fourth-order valence-electron chi connectivity index (χ4n) is 2.35. The molecule has 1 aromatic heterocycles. The number of rotatable bonds is 5. The monoisotopic (exact) mass is 339 g/mol. The molecule has 0 unspecified atom stereocenters. The molecule has 0 aliphatic heterocycles. The minimum absolute atomic E-state index is 0.0922. The first-order valence-electron chi connectivity index (χ1n) is 7.44. The van der Waals surface area contributed by atoms with Crippen LogP contribution < -0.4 is 11.1 Å². The van der Waals surface area contributed by atoms with Gasteiger partial charge < -0.3 is 15.6 Å². The van der Waals surface area contributed by atoms with E-state index in [1.54, 1.807) is 36.4 Å². The molecule has 0 saturated carbocycles. The lowest BCUT2D eigenvalue weighted by atomic mass is 10.1. The molecular formula is C18H14FN3O3. The number of para-hydroxylation sites is 1. The Hall–Kier alpha value is -3.48. The number of amides is 2. The number of primary amides is 1. The Balaban J connectivity index is 1.73. The largest absolute Gasteiger partial charge is 0.366 e. The summed E-state index contributed by atoms with van der Waals surface area (Å²) in [4.78, 5) is 23.5. The maximum absolute atomic E-state index is 13.7. The molecule has 0 saturated heterocycles. The number of anilines is 1. The number of carbonyl (C=O) groups is 2. The van der Waals surface area contributed by atoms with Gasteiger partial charge in [0.1, 0.15) is 5.82 Å². The van der Waals surface area contributed by atoms with Crippen LogP contribution >= 0.6 is 0 Å². The van der Waals surface area contributed by atoms with E-state index in [0.29, 0.717) is 11.4 Å². The van der Waals surface area contributed by atoms with Crippen molar-refractivity contribution in [2.75, 3.05) is 5.32 Å². The maximum atomic E-state index is 13.7. The molecule has 3 N–H and O–H groups in total. The predicted octanol–water partition coefficient (Wildman–Crippen LogP) is 2.76. The number of nitrogens with one attached hydrogen (secondary N) is 1. The Bertz CT molecular complexity index is 937. The molecule has 0 fully saturated rings. The number of halogens is 1. The highest BCUT2D eigenvalue weighted by molar-refractivity contribution is 6.03. The first-order chi connectivity index (χ1) is 12.0. The van der Waals surface area contributed by atoms with Gasteiger partial charge in [0, 0.05) is 6.07 Å². The minimum atomic E-state index is -0.640. The molecule has 3 aromatic rings. The highest BCUT2D eigenvalue weighted by atomic mass is 19.1. The smallest absolute Gasteiger partial charge is 0.250 e. The van der Waals surface area contributed by atoms with Gasteiger partial charge in [-0.3, -0.25) is 9.59 Å². The summed E-state index contributed by atoms with van der Waals surface area (Å²) in [6, 6.07) is 14.0. The van der Waals surface area contributed by atoms with Gasteiger partial charge in [0.25, 0.3) is 5.91 Å². The second-order valence-corrected chi connectivity index (χ2v) is 5.30. The van der Waals surface area contributed by atoms with Crippen LogP contribution in [0.15, 0.2) is 59.1 Å². The first-order valence-corrected chi connectivity index (χ1v) is 7.44. The van der Waals surface area contributed by atoms with Gasteiger partial charge in [-0.25, -0.2) is 4.39 Å². The van der Waals surface area contributed by atoms with Gasteiger partial charge in [0.05, 0.1) is 28.9 Å². The SMILES string of the molecule is NC(=O)c1ccccc1NC(=O)Cc1cc(-c2ccccc2F)on1. The Morgan fingerprint density at radius 2 is 1.84 bits per heavy atom. The summed E-state index contributed by atoms with van der Waals surface area (Å²) < 4.78 is 18.8. The van der Waals surface area contributed by atoms with Crippen LogP contribution in [0.25, 0.3) is 11.3 Å². The third-order valence-corrected chi connectivity index (χ3v) is 3.51. The van der Waals surface area contributed by atoms with Gasteiger partial charge in [-0.15, -0.1) is 0 Å². The standard InChI is InChI=1S/C18H14FN3O3/c19-14-7-3-1-5-12(14)16-9-11(22-25-16)10-17(23)21-15-8-4-2-6-13(15)18(20)24/h1-9H,10H2,(H2,20,24)(H,21,23). The lowest BCUT2D eigenvalue weighted by Gasteiger charge is -2.07. The molecule has 126 valence electrons. The summed E-state index contributed by atoms with van der Waals surface area (Å²) in [5.41, 5.74) is 6.40. The van der Waals surface area contributed by atoms with Crippen molar-refractivity contribution in [3.63, 3.8) is 0 Å². The zero-order chi connectivity index (χ0) is 17.8. The topological polar surface area (TPSA) is 98.2 Å². The summed E-state index contributed by atoms with van der Waals surface area (Å²) in [7, 11) is 0. The van der Waals surface area contributed by atoms with Crippen LogP contribution in [0.3, 0.4) is 0 Å². The molecule has 0 atom stereocenters. The molecular weight excluding hydrogens is 325 g/mol. The molecule has 1 heterocycles. The van der Waals surface area contributed by atoms with E-state index in [-0.39, 0.29) is 23.3 Å². The van der Waals surface area contributed by atoms with Crippen LogP contribution in [0.2, 0.25) is 0 Å². The predicted molar refractivity (Wildman–Crippen MR) is 89.2 cm³/mol. The highest BCUT2D eigenvalue weighted by Crippen LogP contribution is 2.23. The summed E-state index contributed by atoms with van der Waals surface area (Å²) in [6.07, 6.45) is -0.0922. The highest BCUT2D eigenvalue weighted by Gasteiger charge is 2.15. The zero-order valence-corrected chi connectivity index (χ0v) is 13.0. The number of benzene rings is 2. The maximum Gasteiger partial charge on any atom is 0.250 e. The van der Waals surface area contributed by atoms with Crippen LogP contribution in [0.5, 0.6) is 0 Å². The van der Waals surface area contributed by atoms with Crippen molar-refractivity contribution >= 4 is 17.5 Å². The van der Waals surface area contributed by atoms with E-state index >= 15 is 0 Å². The molecule has 0 aliphatic carbocycles.